The molecular weight excluding hydrogens is 943 g/mol. The van der Waals surface area contributed by atoms with Crippen LogP contribution in [0.25, 0.3) is 0 Å². The Bertz CT molecular complexity index is 1910. The highest BCUT2D eigenvalue weighted by Crippen LogP contribution is 2.40. The van der Waals surface area contributed by atoms with Crippen LogP contribution in [-0.4, -0.2) is 117 Å². The van der Waals surface area contributed by atoms with Crippen molar-refractivity contribution in [3.8, 4) is 0 Å². The van der Waals surface area contributed by atoms with Crippen LogP contribution < -0.4 is 11.5 Å². The molecule has 4 aliphatic rings. The van der Waals surface area contributed by atoms with Gasteiger partial charge in [-0.15, -0.1) is 0 Å². The summed E-state index contributed by atoms with van der Waals surface area (Å²) in [7, 11) is 3.00. The standard InChI is InChI=1S/C42H46Br2Cl2N8O2S2/c43-29-17-27-3-1-25-19-31(45)5-7-33(25)39(37(27)49-21-29)51-9-13-53(14-10-51)41(55)35(47)23-57-58-24-36(48)42(56)54-15-11-52(12-16-54)40-34-8-6-32(46)20-26(34)2-4-28-18-30(44)22-50-38(28)40/h5-8,17-22,35-36,39-40H,1-4,9-16,23-24,47-48H2/t35-,36-,39?,40?/m0/s1. The van der Waals surface area contributed by atoms with Gasteiger partial charge in [0.25, 0.3) is 0 Å². The summed E-state index contributed by atoms with van der Waals surface area (Å²) in [6.45, 7) is 5.19. The molecule has 2 unspecified atom stereocenters. The second-order valence-corrected chi connectivity index (χ2v) is 20.6. The van der Waals surface area contributed by atoms with Gasteiger partial charge in [-0.3, -0.25) is 29.4 Å². The minimum atomic E-state index is -0.643. The van der Waals surface area contributed by atoms with Gasteiger partial charge in [0.15, 0.2) is 0 Å². The Labute approximate surface area is 374 Å². The number of nitrogens with two attached hydrogens (primary N) is 2. The first-order chi connectivity index (χ1) is 28.0. The van der Waals surface area contributed by atoms with Crippen molar-refractivity contribution < 1.29 is 9.59 Å². The Hall–Kier alpha value is -2.24. The van der Waals surface area contributed by atoms with Crippen LogP contribution in [0.3, 0.4) is 0 Å². The topological polar surface area (TPSA) is 125 Å². The predicted molar refractivity (Wildman–Crippen MR) is 242 cm³/mol. The summed E-state index contributed by atoms with van der Waals surface area (Å²) in [4.78, 5) is 45.4. The molecule has 2 amide bonds. The van der Waals surface area contributed by atoms with Crippen molar-refractivity contribution in [3.63, 3.8) is 0 Å². The van der Waals surface area contributed by atoms with Crippen molar-refractivity contribution in [1.82, 2.24) is 29.6 Å². The highest BCUT2D eigenvalue weighted by atomic mass is 79.9. The number of carbonyl (C=O) groups excluding carboxylic acids is 2. The van der Waals surface area contributed by atoms with Gasteiger partial charge in [0.2, 0.25) is 11.8 Å². The number of rotatable bonds is 9. The molecule has 306 valence electrons. The maximum atomic E-state index is 13.5. The lowest BCUT2D eigenvalue weighted by molar-refractivity contribution is -0.134. The van der Waals surface area contributed by atoms with Gasteiger partial charge in [0, 0.05) is 95.2 Å². The molecule has 0 saturated carbocycles. The molecule has 2 aromatic heterocycles. The summed E-state index contributed by atoms with van der Waals surface area (Å²) in [5, 5.41) is 1.48. The highest BCUT2D eigenvalue weighted by molar-refractivity contribution is 9.10. The maximum Gasteiger partial charge on any atom is 0.240 e. The molecule has 16 heteroatoms. The molecule has 4 aromatic rings. The summed E-state index contributed by atoms with van der Waals surface area (Å²) < 4.78 is 1.94. The number of nitrogens with zero attached hydrogens (tertiary/aromatic N) is 6. The molecule has 2 saturated heterocycles. The largest absolute Gasteiger partial charge is 0.339 e. The van der Waals surface area contributed by atoms with Crippen LogP contribution in [0.4, 0.5) is 0 Å². The zero-order chi connectivity index (χ0) is 40.5. The van der Waals surface area contributed by atoms with E-state index in [9.17, 15) is 9.59 Å². The van der Waals surface area contributed by atoms with Crippen molar-refractivity contribution in [3.05, 3.63) is 125 Å². The van der Waals surface area contributed by atoms with Crippen LogP contribution in [-0.2, 0) is 35.3 Å². The van der Waals surface area contributed by atoms with Crippen LogP contribution in [0.1, 0.15) is 56.9 Å². The quantitative estimate of drug-likeness (QED) is 0.138. The number of aromatic nitrogens is 2. The molecule has 0 bridgehead atoms. The van der Waals surface area contributed by atoms with Gasteiger partial charge in [0.05, 0.1) is 35.6 Å². The molecule has 4 heterocycles. The smallest absolute Gasteiger partial charge is 0.240 e. The summed E-state index contributed by atoms with van der Waals surface area (Å²) in [5.41, 5.74) is 22.5. The van der Waals surface area contributed by atoms with Crippen molar-refractivity contribution >= 4 is 88.5 Å². The zero-order valence-corrected chi connectivity index (χ0v) is 38.3. The van der Waals surface area contributed by atoms with Crippen LogP contribution in [0.5, 0.6) is 0 Å². The lowest BCUT2D eigenvalue weighted by atomic mass is 9.96. The van der Waals surface area contributed by atoms with Crippen LogP contribution in [0.2, 0.25) is 10.0 Å². The van der Waals surface area contributed by atoms with E-state index in [-0.39, 0.29) is 23.9 Å². The highest BCUT2D eigenvalue weighted by Gasteiger charge is 2.36. The molecule has 8 rings (SSSR count). The van der Waals surface area contributed by atoms with E-state index in [1.807, 2.05) is 34.3 Å². The Morgan fingerprint density at radius 1 is 0.621 bits per heavy atom. The van der Waals surface area contributed by atoms with E-state index in [2.05, 4.69) is 78.1 Å². The monoisotopic (exact) mass is 986 g/mol. The SMILES string of the molecule is N[C@@H](CSSC[C@H](N)C(=O)N1CCN(C2c3ccc(Cl)cc3CCc3cc(Br)cnc32)CC1)C(=O)N1CCN(C2c3ccc(Cl)cc3CCc3cc(Br)cnc32)CC1. The van der Waals surface area contributed by atoms with E-state index in [4.69, 9.17) is 44.6 Å². The van der Waals surface area contributed by atoms with E-state index >= 15 is 0 Å². The number of hydrogen-bond donors (Lipinski definition) is 2. The summed E-state index contributed by atoms with van der Waals surface area (Å²) in [5.74, 6) is 0.774. The summed E-state index contributed by atoms with van der Waals surface area (Å²) in [6.07, 6.45) is 7.33. The molecule has 2 aliphatic carbocycles. The number of aryl methyl sites for hydroxylation is 4. The molecule has 2 fully saturated rings. The van der Waals surface area contributed by atoms with Crippen LogP contribution in [0, 0.1) is 0 Å². The fourth-order valence-electron chi connectivity index (χ4n) is 8.82. The van der Waals surface area contributed by atoms with Crippen LogP contribution >= 0.6 is 76.6 Å². The average Bonchev–Trinajstić information content (AvgIpc) is 3.48. The third-order valence-corrected chi connectivity index (χ3v) is 15.6. The van der Waals surface area contributed by atoms with E-state index in [1.165, 1.54) is 55.0 Å². The summed E-state index contributed by atoms with van der Waals surface area (Å²) in [6, 6.07) is 15.4. The average molecular weight is 990 g/mol. The molecule has 0 radical (unpaired) electrons. The fourth-order valence-corrected chi connectivity index (χ4v) is 12.2. The first-order valence-electron chi connectivity index (χ1n) is 19.7. The number of benzene rings is 2. The second kappa shape index (κ2) is 18.8. The number of hydrogen-bond acceptors (Lipinski definition) is 10. The van der Waals surface area contributed by atoms with Crippen molar-refractivity contribution in [2.24, 2.45) is 11.5 Å². The van der Waals surface area contributed by atoms with E-state index in [0.29, 0.717) is 63.9 Å². The minimum absolute atomic E-state index is 0.0109. The van der Waals surface area contributed by atoms with Gasteiger partial charge in [-0.05, 0) is 127 Å². The molecule has 2 aromatic carbocycles. The normalized spacial score (nSPS) is 20.9. The number of amides is 2. The van der Waals surface area contributed by atoms with Crippen molar-refractivity contribution in [2.75, 3.05) is 63.9 Å². The van der Waals surface area contributed by atoms with E-state index < -0.39 is 12.1 Å². The van der Waals surface area contributed by atoms with E-state index in [1.54, 1.807) is 0 Å². The molecule has 2 aliphatic heterocycles. The maximum absolute atomic E-state index is 13.5. The Morgan fingerprint density at radius 3 is 1.40 bits per heavy atom. The molecule has 4 atom stereocenters. The Morgan fingerprint density at radius 2 is 1.00 bits per heavy atom. The Balaban J connectivity index is 0.804. The second-order valence-electron chi connectivity index (χ2n) is 15.4. The number of fused-ring (bicyclic) bond motifs is 4. The predicted octanol–water partition coefficient (Wildman–Crippen LogP) is 6.71. The van der Waals surface area contributed by atoms with Gasteiger partial charge < -0.3 is 21.3 Å². The molecule has 10 nitrogen and oxygen atoms in total. The van der Waals surface area contributed by atoms with Crippen molar-refractivity contribution in [1.29, 1.82) is 0 Å². The molecular formula is C42H46Br2Cl2N8O2S2. The molecule has 0 spiro atoms. The summed E-state index contributed by atoms with van der Waals surface area (Å²) >= 11 is 20.1. The lowest BCUT2D eigenvalue weighted by Crippen LogP contribution is -2.54. The van der Waals surface area contributed by atoms with Gasteiger partial charge in [-0.2, -0.15) is 0 Å². The zero-order valence-electron chi connectivity index (χ0n) is 32.0. The van der Waals surface area contributed by atoms with E-state index in [0.717, 1.165) is 56.1 Å². The van der Waals surface area contributed by atoms with Crippen LogP contribution in [0.15, 0.2) is 69.9 Å². The van der Waals surface area contributed by atoms with Gasteiger partial charge in [-0.25, -0.2) is 0 Å². The first kappa shape index (κ1) is 42.5. The minimum Gasteiger partial charge on any atom is -0.339 e. The number of piperazine rings is 2. The molecule has 4 N–H and O–H groups in total. The number of halogens is 4. The molecule has 58 heavy (non-hydrogen) atoms. The van der Waals surface area contributed by atoms with Crippen molar-refractivity contribution in [2.45, 2.75) is 49.9 Å². The van der Waals surface area contributed by atoms with Gasteiger partial charge in [-0.1, -0.05) is 56.9 Å². The number of carbonyl (C=O) groups is 2. The fraction of sp³-hybridized carbons (Fsp3) is 0.429. The number of pyridine rings is 2. The van der Waals surface area contributed by atoms with Gasteiger partial charge in [0.1, 0.15) is 0 Å². The first-order valence-corrected chi connectivity index (χ1v) is 24.5. The van der Waals surface area contributed by atoms with Gasteiger partial charge >= 0.3 is 0 Å². The third kappa shape index (κ3) is 9.31. The third-order valence-electron chi connectivity index (χ3n) is 11.8. The lowest BCUT2D eigenvalue weighted by Gasteiger charge is -2.40. The Kier molecular flexibility index (Phi) is 13.8.